The summed E-state index contributed by atoms with van der Waals surface area (Å²) < 4.78 is 0. The highest BCUT2D eigenvalue weighted by atomic mass is 32.1. The van der Waals surface area contributed by atoms with Gasteiger partial charge in [-0.3, -0.25) is 14.9 Å². The molecule has 0 saturated heterocycles. The summed E-state index contributed by atoms with van der Waals surface area (Å²) >= 11 is 2.91. The number of hydrogen-bond donors (Lipinski definition) is 3. The van der Waals surface area contributed by atoms with Crippen LogP contribution in [0.5, 0.6) is 0 Å². The van der Waals surface area contributed by atoms with Crippen molar-refractivity contribution in [3.8, 4) is 0 Å². The number of nitrogens with two attached hydrogens (primary N) is 2. The van der Waals surface area contributed by atoms with Crippen LogP contribution in [0.1, 0.15) is 86.7 Å². The van der Waals surface area contributed by atoms with Crippen LogP contribution in [-0.4, -0.2) is 44.2 Å². The molecule has 2 unspecified atom stereocenters. The van der Waals surface area contributed by atoms with Gasteiger partial charge in [-0.25, -0.2) is 0 Å². The van der Waals surface area contributed by atoms with Gasteiger partial charge in [-0.15, -0.1) is 31.7 Å². The number of anilines is 1. The van der Waals surface area contributed by atoms with Gasteiger partial charge in [0.15, 0.2) is 5.78 Å². The Labute approximate surface area is 215 Å². The average Bonchev–Trinajstić information content (AvgIpc) is 3.63. The van der Waals surface area contributed by atoms with Gasteiger partial charge in [-0.1, -0.05) is 44.4 Å². The van der Waals surface area contributed by atoms with E-state index in [-0.39, 0.29) is 31.1 Å². The van der Waals surface area contributed by atoms with Crippen molar-refractivity contribution in [1.82, 2.24) is 20.4 Å². The molecule has 2 aliphatic rings. The molecule has 2 saturated carbocycles. The highest BCUT2D eigenvalue weighted by Gasteiger charge is 2.29. The first-order valence-electron chi connectivity index (χ1n) is 12.5. The SMILES string of the molecule is C.NC(C(=O)Cc1nnc(CCCCc2nnc(NC(=O)C(N)C3CCCC3)s2)s1)C1CCCC1. The van der Waals surface area contributed by atoms with Crippen LogP contribution in [0, 0.1) is 11.8 Å². The second kappa shape index (κ2) is 13.5. The van der Waals surface area contributed by atoms with Gasteiger partial charge in [0, 0.05) is 12.8 Å². The first-order valence-corrected chi connectivity index (χ1v) is 14.1. The van der Waals surface area contributed by atoms with Crippen molar-refractivity contribution in [2.75, 3.05) is 5.32 Å². The molecule has 0 aromatic carbocycles. The Balaban J connectivity index is 0.00000342. The van der Waals surface area contributed by atoms with Crippen molar-refractivity contribution in [3.05, 3.63) is 15.0 Å². The molecule has 5 N–H and O–H groups in total. The monoisotopic (exact) mass is 521 g/mol. The molecule has 35 heavy (non-hydrogen) atoms. The second-order valence-corrected chi connectivity index (χ2v) is 11.8. The fourth-order valence-electron chi connectivity index (χ4n) is 4.98. The molecule has 2 fully saturated rings. The second-order valence-electron chi connectivity index (χ2n) is 9.57. The fourth-order valence-corrected chi connectivity index (χ4v) is 6.66. The van der Waals surface area contributed by atoms with E-state index in [2.05, 4.69) is 25.7 Å². The number of carbonyl (C=O) groups excluding carboxylic acids is 2. The molecule has 2 heterocycles. The minimum absolute atomic E-state index is 0. The van der Waals surface area contributed by atoms with E-state index in [1.54, 1.807) is 0 Å². The van der Waals surface area contributed by atoms with Gasteiger partial charge in [-0.05, 0) is 50.4 Å². The molecule has 2 atom stereocenters. The average molecular weight is 522 g/mol. The van der Waals surface area contributed by atoms with Gasteiger partial charge < -0.3 is 11.5 Å². The Hall–Kier alpha value is -1.82. The summed E-state index contributed by atoms with van der Waals surface area (Å²) in [4.78, 5) is 24.8. The highest BCUT2D eigenvalue weighted by Crippen LogP contribution is 2.29. The molecule has 194 valence electrons. The van der Waals surface area contributed by atoms with Crippen LogP contribution >= 0.6 is 22.7 Å². The Morgan fingerprint density at radius 1 is 0.800 bits per heavy atom. The number of amides is 1. The number of ketones is 1. The van der Waals surface area contributed by atoms with E-state index in [9.17, 15) is 9.59 Å². The van der Waals surface area contributed by atoms with Crippen LogP contribution in [0.3, 0.4) is 0 Å². The molecule has 2 aromatic rings. The smallest absolute Gasteiger partial charge is 0.243 e. The zero-order valence-electron chi connectivity index (χ0n) is 19.6. The third kappa shape index (κ3) is 7.83. The number of unbranched alkanes of at least 4 members (excludes halogenated alkanes) is 1. The molecule has 11 heteroatoms. The van der Waals surface area contributed by atoms with Crippen LogP contribution in [0.4, 0.5) is 5.13 Å². The molecule has 4 rings (SSSR count). The first-order chi connectivity index (χ1) is 16.5. The Bertz CT molecular complexity index is 875. The quantitative estimate of drug-likeness (QED) is 0.358. The maximum Gasteiger partial charge on any atom is 0.243 e. The van der Waals surface area contributed by atoms with Crippen LogP contribution < -0.4 is 16.8 Å². The lowest BCUT2D eigenvalue weighted by Crippen LogP contribution is -2.40. The van der Waals surface area contributed by atoms with Crippen molar-refractivity contribution in [2.24, 2.45) is 23.3 Å². The third-order valence-electron chi connectivity index (χ3n) is 7.05. The minimum Gasteiger partial charge on any atom is -0.321 e. The molecule has 0 aliphatic heterocycles. The Morgan fingerprint density at radius 3 is 1.94 bits per heavy atom. The number of rotatable bonds is 12. The van der Waals surface area contributed by atoms with Crippen molar-refractivity contribution < 1.29 is 9.59 Å². The maximum absolute atomic E-state index is 12.5. The van der Waals surface area contributed by atoms with Gasteiger partial charge in [0.1, 0.15) is 15.0 Å². The lowest BCUT2D eigenvalue weighted by molar-refractivity contribution is -0.121. The summed E-state index contributed by atoms with van der Waals surface area (Å²) in [6.45, 7) is 0. The number of nitrogens with one attached hydrogen (secondary N) is 1. The number of carbonyl (C=O) groups is 2. The topological polar surface area (TPSA) is 150 Å². The summed E-state index contributed by atoms with van der Waals surface area (Å²) in [5.41, 5.74) is 12.3. The number of hydrogen-bond acceptors (Lipinski definition) is 10. The summed E-state index contributed by atoms with van der Waals surface area (Å²) in [6, 6.07) is -0.838. The molecule has 2 aromatic heterocycles. The Morgan fingerprint density at radius 2 is 1.31 bits per heavy atom. The van der Waals surface area contributed by atoms with E-state index in [1.165, 1.54) is 35.5 Å². The standard InChI is InChI=1S/C23H35N7O2S2.CH4/c24-20(14-7-1-2-8-14)16(31)13-19-29-27-17(33-19)11-5-6-12-18-28-30-23(34-18)26-22(32)21(25)15-9-3-4-10-15;/h14-15,20-21H,1-13,24-25H2,(H,26,30,32);1H4. The zero-order chi connectivity index (χ0) is 23.9. The zero-order valence-corrected chi connectivity index (χ0v) is 21.2. The molecule has 0 bridgehead atoms. The number of aromatic nitrogens is 4. The number of Topliss-reactive ketones (excluding diaryl/α,β-unsaturated/α-hetero) is 1. The van der Waals surface area contributed by atoms with Crippen LogP contribution in [0.2, 0.25) is 0 Å². The lowest BCUT2D eigenvalue weighted by Gasteiger charge is -2.16. The largest absolute Gasteiger partial charge is 0.321 e. The van der Waals surface area contributed by atoms with E-state index in [4.69, 9.17) is 11.5 Å². The van der Waals surface area contributed by atoms with Crippen LogP contribution in [-0.2, 0) is 28.9 Å². The summed E-state index contributed by atoms with van der Waals surface area (Å²) in [7, 11) is 0. The summed E-state index contributed by atoms with van der Waals surface area (Å²) in [5.74, 6) is 0.524. The predicted molar refractivity (Wildman–Crippen MR) is 140 cm³/mol. The fraction of sp³-hybridized carbons (Fsp3) is 0.750. The molecular weight excluding hydrogens is 482 g/mol. The Kier molecular flexibility index (Phi) is 10.7. The lowest BCUT2D eigenvalue weighted by atomic mass is 9.94. The van der Waals surface area contributed by atoms with Gasteiger partial charge in [0.2, 0.25) is 11.0 Å². The van der Waals surface area contributed by atoms with Crippen molar-refractivity contribution in [3.63, 3.8) is 0 Å². The van der Waals surface area contributed by atoms with E-state index in [1.807, 2.05) is 0 Å². The highest BCUT2D eigenvalue weighted by molar-refractivity contribution is 7.15. The van der Waals surface area contributed by atoms with Gasteiger partial charge in [0.05, 0.1) is 18.5 Å². The van der Waals surface area contributed by atoms with Crippen LogP contribution in [0.15, 0.2) is 0 Å². The van der Waals surface area contributed by atoms with E-state index < -0.39 is 6.04 Å². The van der Waals surface area contributed by atoms with E-state index in [0.29, 0.717) is 17.5 Å². The molecule has 0 spiro atoms. The van der Waals surface area contributed by atoms with Crippen LogP contribution in [0.25, 0.3) is 0 Å². The molecule has 1 amide bonds. The normalized spacial score (nSPS) is 18.3. The minimum atomic E-state index is -0.472. The number of aryl methyl sites for hydroxylation is 2. The summed E-state index contributed by atoms with van der Waals surface area (Å²) in [5, 5.41) is 22.7. The first kappa shape index (κ1) is 27.8. The third-order valence-corrected chi connectivity index (χ3v) is 8.93. The molecule has 2 aliphatic carbocycles. The summed E-state index contributed by atoms with van der Waals surface area (Å²) in [6.07, 6.45) is 12.6. The maximum atomic E-state index is 12.5. The molecular formula is C24H39N7O2S2. The molecule has 0 radical (unpaired) electrons. The van der Waals surface area contributed by atoms with Gasteiger partial charge in [0.25, 0.3) is 0 Å². The predicted octanol–water partition coefficient (Wildman–Crippen LogP) is 3.68. The molecule has 9 nitrogen and oxygen atoms in total. The van der Waals surface area contributed by atoms with E-state index >= 15 is 0 Å². The van der Waals surface area contributed by atoms with Gasteiger partial charge in [-0.2, -0.15) is 0 Å². The van der Waals surface area contributed by atoms with Crippen molar-refractivity contribution in [2.45, 2.75) is 103 Å². The van der Waals surface area contributed by atoms with E-state index in [0.717, 1.165) is 79.2 Å². The van der Waals surface area contributed by atoms with Crippen molar-refractivity contribution in [1.29, 1.82) is 0 Å². The van der Waals surface area contributed by atoms with Crippen molar-refractivity contribution >= 4 is 39.5 Å². The number of nitrogens with zero attached hydrogens (tertiary/aromatic N) is 4. The van der Waals surface area contributed by atoms with Gasteiger partial charge >= 0.3 is 0 Å².